The molecule has 2 saturated carbocycles. The highest BCUT2D eigenvalue weighted by molar-refractivity contribution is 4.81. The van der Waals surface area contributed by atoms with Crippen LogP contribution in [0, 0.1) is 5.92 Å². The zero-order valence-corrected chi connectivity index (χ0v) is 8.18. The van der Waals surface area contributed by atoms with Crippen LogP contribution in [0.2, 0.25) is 0 Å². The first-order valence-corrected chi connectivity index (χ1v) is 5.60. The van der Waals surface area contributed by atoms with Gasteiger partial charge < -0.3 is 5.32 Å². The van der Waals surface area contributed by atoms with Crippen LogP contribution in [0.25, 0.3) is 0 Å². The van der Waals surface area contributed by atoms with Crippen molar-refractivity contribution in [2.24, 2.45) is 5.92 Å². The lowest BCUT2D eigenvalue weighted by Gasteiger charge is -2.18. The fraction of sp³-hybridized carbons (Fsp3) is 1.00. The fourth-order valence-electron chi connectivity index (χ4n) is 2.42. The fourth-order valence-corrected chi connectivity index (χ4v) is 2.42. The molecule has 70 valence electrons. The summed E-state index contributed by atoms with van der Waals surface area (Å²) in [6, 6.07) is 1.64. The molecule has 2 rings (SSSR count). The predicted molar refractivity (Wildman–Crippen MR) is 52.2 cm³/mol. The molecule has 0 heterocycles. The van der Waals surface area contributed by atoms with Crippen LogP contribution in [0.5, 0.6) is 0 Å². The second-order valence-corrected chi connectivity index (χ2v) is 4.73. The molecule has 0 radical (unpaired) electrons. The van der Waals surface area contributed by atoms with Gasteiger partial charge in [0.2, 0.25) is 0 Å². The normalized spacial score (nSPS) is 27.8. The summed E-state index contributed by atoms with van der Waals surface area (Å²) >= 11 is 0. The molecule has 0 aromatic heterocycles. The standard InChI is InChI=1S/C11H21N/c1-9(8-10-6-7-10)12-11-4-2-3-5-11/h9-12H,2-8H2,1H3. The Morgan fingerprint density at radius 1 is 1.17 bits per heavy atom. The van der Waals surface area contributed by atoms with Gasteiger partial charge in [-0.15, -0.1) is 0 Å². The van der Waals surface area contributed by atoms with Crippen molar-refractivity contribution in [2.45, 2.75) is 64.0 Å². The van der Waals surface area contributed by atoms with E-state index in [-0.39, 0.29) is 0 Å². The molecule has 2 aliphatic carbocycles. The van der Waals surface area contributed by atoms with Crippen LogP contribution in [0.1, 0.15) is 51.9 Å². The highest BCUT2D eigenvalue weighted by atomic mass is 14.9. The van der Waals surface area contributed by atoms with Crippen molar-refractivity contribution in [3.8, 4) is 0 Å². The van der Waals surface area contributed by atoms with E-state index in [0.717, 1.165) is 18.0 Å². The molecule has 1 nitrogen and oxygen atoms in total. The average Bonchev–Trinajstić information content (AvgIpc) is 2.66. The number of nitrogens with one attached hydrogen (secondary N) is 1. The highest BCUT2D eigenvalue weighted by Crippen LogP contribution is 2.33. The molecule has 0 amide bonds. The van der Waals surface area contributed by atoms with Crippen LogP contribution >= 0.6 is 0 Å². The third kappa shape index (κ3) is 2.48. The smallest absolute Gasteiger partial charge is 0.00695 e. The summed E-state index contributed by atoms with van der Waals surface area (Å²) in [6.07, 6.45) is 10.2. The Kier molecular flexibility index (Phi) is 2.69. The van der Waals surface area contributed by atoms with Gasteiger partial charge in [-0.3, -0.25) is 0 Å². The number of hydrogen-bond acceptors (Lipinski definition) is 1. The maximum atomic E-state index is 3.75. The lowest BCUT2D eigenvalue weighted by molar-refractivity contribution is 0.417. The van der Waals surface area contributed by atoms with Crippen LogP contribution in [0.3, 0.4) is 0 Å². The van der Waals surface area contributed by atoms with E-state index in [4.69, 9.17) is 0 Å². The van der Waals surface area contributed by atoms with Gasteiger partial charge in [-0.2, -0.15) is 0 Å². The first-order valence-electron chi connectivity index (χ1n) is 5.60. The molecule has 1 atom stereocenters. The van der Waals surface area contributed by atoms with E-state index >= 15 is 0 Å². The van der Waals surface area contributed by atoms with Gasteiger partial charge in [-0.05, 0) is 32.1 Å². The van der Waals surface area contributed by atoms with Gasteiger partial charge in [-0.25, -0.2) is 0 Å². The molecule has 0 spiro atoms. The van der Waals surface area contributed by atoms with Crippen molar-refractivity contribution in [1.82, 2.24) is 5.32 Å². The van der Waals surface area contributed by atoms with Crippen molar-refractivity contribution in [3.05, 3.63) is 0 Å². The van der Waals surface area contributed by atoms with Gasteiger partial charge in [0, 0.05) is 12.1 Å². The summed E-state index contributed by atoms with van der Waals surface area (Å²) < 4.78 is 0. The van der Waals surface area contributed by atoms with Crippen molar-refractivity contribution < 1.29 is 0 Å². The molecular weight excluding hydrogens is 146 g/mol. The zero-order valence-electron chi connectivity index (χ0n) is 8.18. The first-order chi connectivity index (χ1) is 5.84. The third-order valence-corrected chi connectivity index (χ3v) is 3.26. The number of rotatable bonds is 4. The van der Waals surface area contributed by atoms with Crippen molar-refractivity contribution in [3.63, 3.8) is 0 Å². The summed E-state index contributed by atoms with van der Waals surface area (Å²) in [4.78, 5) is 0. The Morgan fingerprint density at radius 3 is 2.42 bits per heavy atom. The average molecular weight is 167 g/mol. The summed E-state index contributed by atoms with van der Waals surface area (Å²) in [5, 5.41) is 3.75. The topological polar surface area (TPSA) is 12.0 Å². The van der Waals surface area contributed by atoms with E-state index in [2.05, 4.69) is 12.2 Å². The molecule has 2 aliphatic rings. The van der Waals surface area contributed by atoms with Crippen LogP contribution in [-0.4, -0.2) is 12.1 Å². The second-order valence-electron chi connectivity index (χ2n) is 4.73. The molecule has 2 fully saturated rings. The predicted octanol–water partition coefficient (Wildman–Crippen LogP) is 2.71. The molecule has 12 heavy (non-hydrogen) atoms. The van der Waals surface area contributed by atoms with Gasteiger partial charge in [0.25, 0.3) is 0 Å². The van der Waals surface area contributed by atoms with E-state index in [0.29, 0.717) is 0 Å². The number of hydrogen-bond donors (Lipinski definition) is 1. The van der Waals surface area contributed by atoms with Crippen LogP contribution in [0.4, 0.5) is 0 Å². The van der Waals surface area contributed by atoms with Gasteiger partial charge in [0.1, 0.15) is 0 Å². The molecule has 0 aliphatic heterocycles. The highest BCUT2D eigenvalue weighted by Gasteiger charge is 2.25. The van der Waals surface area contributed by atoms with E-state index in [1.54, 1.807) is 0 Å². The SMILES string of the molecule is CC(CC1CC1)NC1CCCC1. The minimum absolute atomic E-state index is 0.778. The van der Waals surface area contributed by atoms with Crippen LogP contribution in [0.15, 0.2) is 0 Å². The molecule has 0 bridgehead atoms. The molecule has 1 unspecified atom stereocenters. The Morgan fingerprint density at radius 2 is 1.83 bits per heavy atom. The minimum Gasteiger partial charge on any atom is -0.311 e. The molecule has 1 heteroatoms. The Bertz CT molecular complexity index is 134. The molecule has 0 aromatic carbocycles. The Balaban J connectivity index is 1.62. The minimum atomic E-state index is 0.778. The van der Waals surface area contributed by atoms with Crippen LogP contribution in [-0.2, 0) is 0 Å². The van der Waals surface area contributed by atoms with E-state index < -0.39 is 0 Å². The quantitative estimate of drug-likeness (QED) is 0.679. The second kappa shape index (κ2) is 3.78. The largest absolute Gasteiger partial charge is 0.311 e. The van der Waals surface area contributed by atoms with Crippen molar-refractivity contribution in [1.29, 1.82) is 0 Å². The van der Waals surface area contributed by atoms with Gasteiger partial charge in [0.05, 0.1) is 0 Å². The Labute approximate surface area is 75.9 Å². The lowest BCUT2D eigenvalue weighted by Crippen LogP contribution is -2.34. The molecule has 0 aromatic rings. The van der Waals surface area contributed by atoms with E-state index in [9.17, 15) is 0 Å². The molecule has 0 saturated heterocycles. The maximum Gasteiger partial charge on any atom is 0.00695 e. The van der Waals surface area contributed by atoms with E-state index in [1.165, 1.54) is 44.9 Å². The monoisotopic (exact) mass is 167 g/mol. The third-order valence-electron chi connectivity index (χ3n) is 3.26. The summed E-state index contributed by atoms with van der Waals surface area (Å²) in [6.45, 7) is 2.36. The lowest BCUT2D eigenvalue weighted by atomic mass is 10.1. The first kappa shape index (κ1) is 8.55. The van der Waals surface area contributed by atoms with Crippen molar-refractivity contribution >= 4 is 0 Å². The van der Waals surface area contributed by atoms with E-state index in [1.807, 2.05) is 0 Å². The summed E-state index contributed by atoms with van der Waals surface area (Å²) in [7, 11) is 0. The zero-order chi connectivity index (χ0) is 8.39. The molecule has 1 N–H and O–H groups in total. The van der Waals surface area contributed by atoms with Gasteiger partial charge in [0.15, 0.2) is 0 Å². The van der Waals surface area contributed by atoms with Gasteiger partial charge >= 0.3 is 0 Å². The Hall–Kier alpha value is -0.0400. The van der Waals surface area contributed by atoms with Crippen molar-refractivity contribution in [2.75, 3.05) is 0 Å². The summed E-state index contributed by atoms with van der Waals surface area (Å²) in [5.74, 6) is 1.08. The maximum absolute atomic E-state index is 3.75. The molecular formula is C11H21N. The van der Waals surface area contributed by atoms with Crippen LogP contribution < -0.4 is 5.32 Å². The summed E-state index contributed by atoms with van der Waals surface area (Å²) in [5.41, 5.74) is 0. The van der Waals surface area contributed by atoms with Gasteiger partial charge in [-0.1, -0.05) is 25.7 Å².